The Hall–Kier alpha value is -0.470. The van der Waals surface area contributed by atoms with Gasteiger partial charge in [0.15, 0.2) is 0 Å². The average Bonchev–Trinajstić information content (AvgIpc) is 2.45. The van der Waals surface area contributed by atoms with Crippen molar-refractivity contribution in [1.82, 2.24) is 10.6 Å². The quantitative estimate of drug-likeness (QED) is 0.389. The van der Waals surface area contributed by atoms with Crippen LogP contribution in [0.5, 0.6) is 0 Å². The van der Waals surface area contributed by atoms with Gasteiger partial charge in [-0.15, -0.1) is 0 Å². The molecular weight excluding hydrogens is 390 g/mol. The molecule has 1 aromatic rings. The zero-order valence-electron chi connectivity index (χ0n) is 11.2. The molecule has 5 nitrogen and oxygen atoms in total. The molecule has 1 aromatic carbocycles. The van der Waals surface area contributed by atoms with E-state index in [4.69, 9.17) is 0 Å². The lowest BCUT2D eigenvalue weighted by Gasteiger charge is -2.13. The summed E-state index contributed by atoms with van der Waals surface area (Å²) in [4.78, 5) is 11.8. The van der Waals surface area contributed by atoms with E-state index in [9.17, 15) is 9.90 Å². The number of hydrogen-bond donors (Lipinski definition) is 4. The first-order valence-corrected chi connectivity index (χ1v) is 8.44. The summed E-state index contributed by atoms with van der Waals surface area (Å²) in [5, 5.41) is 19.3. The number of likely N-dealkylation sites (N-methyl/N-ethyl adjacent to an activating group) is 1. The number of nitrogens with one attached hydrogen (secondary N) is 3. The molecule has 7 heteroatoms. The Bertz CT molecular complexity index is 421. The number of carbonyl (C=O) groups is 1. The monoisotopic (exact) mass is 407 g/mol. The van der Waals surface area contributed by atoms with Gasteiger partial charge in [-0.25, -0.2) is 0 Å². The third-order valence-electron chi connectivity index (χ3n) is 2.54. The van der Waals surface area contributed by atoms with Crippen LogP contribution in [0.15, 0.2) is 18.2 Å². The normalized spacial score (nSPS) is 12.2. The van der Waals surface area contributed by atoms with Crippen LogP contribution < -0.4 is 16.0 Å². The van der Waals surface area contributed by atoms with Crippen LogP contribution in [0.4, 0.5) is 5.69 Å². The summed E-state index contributed by atoms with van der Waals surface area (Å²) in [6, 6.07) is 5.90. The number of amides is 1. The molecule has 0 fully saturated rings. The standard InChI is InChI=1S/C13H19Br2N3O2/c1-16-7-12(19)17-8-13(20)18-11-3-9(5-14)2-10(4-11)6-15/h2-4,12,16-17,19H,5-8H2,1H3,(H,18,20). The minimum absolute atomic E-state index is 0.0605. The molecule has 1 amide bonds. The van der Waals surface area contributed by atoms with Crippen LogP contribution in [-0.2, 0) is 15.5 Å². The molecule has 0 aliphatic carbocycles. The second-order valence-electron chi connectivity index (χ2n) is 4.31. The van der Waals surface area contributed by atoms with E-state index < -0.39 is 6.23 Å². The van der Waals surface area contributed by atoms with Crippen LogP contribution in [0.2, 0.25) is 0 Å². The van der Waals surface area contributed by atoms with Gasteiger partial charge in [-0.05, 0) is 30.3 Å². The number of rotatable bonds is 8. The smallest absolute Gasteiger partial charge is 0.238 e. The molecule has 112 valence electrons. The zero-order valence-corrected chi connectivity index (χ0v) is 14.4. The van der Waals surface area contributed by atoms with Crippen LogP contribution >= 0.6 is 31.9 Å². The molecule has 0 saturated carbocycles. The van der Waals surface area contributed by atoms with E-state index in [1.54, 1.807) is 7.05 Å². The fourth-order valence-electron chi connectivity index (χ4n) is 1.67. The van der Waals surface area contributed by atoms with Crippen molar-refractivity contribution >= 4 is 43.5 Å². The van der Waals surface area contributed by atoms with Gasteiger partial charge in [-0.2, -0.15) is 0 Å². The molecule has 0 heterocycles. The molecule has 0 saturated heterocycles. The highest BCUT2D eigenvalue weighted by molar-refractivity contribution is 9.08. The topological polar surface area (TPSA) is 73.4 Å². The van der Waals surface area contributed by atoms with E-state index in [1.165, 1.54) is 0 Å². The summed E-state index contributed by atoms with van der Waals surface area (Å²) in [5.41, 5.74) is 2.95. The summed E-state index contributed by atoms with van der Waals surface area (Å²) in [6.45, 7) is 0.450. The summed E-state index contributed by atoms with van der Waals surface area (Å²) in [6.07, 6.45) is -0.738. The lowest BCUT2D eigenvalue weighted by atomic mass is 10.1. The number of hydrogen-bond acceptors (Lipinski definition) is 4. The minimum Gasteiger partial charge on any atom is -0.377 e. The van der Waals surface area contributed by atoms with E-state index in [-0.39, 0.29) is 12.5 Å². The first-order valence-electron chi connectivity index (χ1n) is 6.19. The number of aliphatic hydroxyl groups is 1. The van der Waals surface area contributed by atoms with Gasteiger partial charge in [0.2, 0.25) is 5.91 Å². The highest BCUT2D eigenvalue weighted by Gasteiger charge is 2.07. The van der Waals surface area contributed by atoms with Gasteiger partial charge >= 0.3 is 0 Å². The van der Waals surface area contributed by atoms with Crippen molar-refractivity contribution in [3.05, 3.63) is 29.3 Å². The number of anilines is 1. The number of benzene rings is 1. The molecule has 1 unspecified atom stereocenters. The number of alkyl halides is 2. The van der Waals surface area contributed by atoms with E-state index in [0.29, 0.717) is 6.54 Å². The summed E-state index contributed by atoms with van der Waals surface area (Å²) in [7, 11) is 1.73. The third-order valence-corrected chi connectivity index (χ3v) is 3.84. The fraction of sp³-hybridized carbons (Fsp3) is 0.462. The largest absolute Gasteiger partial charge is 0.377 e. The van der Waals surface area contributed by atoms with Gasteiger partial charge in [0.1, 0.15) is 6.23 Å². The Morgan fingerprint density at radius 2 is 1.85 bits per heavy atom. The van der Waals surface area contributed by atoms with Crippen molar-refractivity contribution in [2.24, 2.45) is 0 Å². The maximum Gasteiger partial charge on any atom is 0.238 e. The van der Waals surface area contributed by atoms with Crippen LogP contribution in [0.3, 0.4) is 0 Å². The molecule has 1 atom stereocenters. The molecule has 0 aliphatic heterocycles. The van der Waals surface area contributed by atoms with Gasteiger partial charge < -0.3 is 15.7 Å². The van der Waals surface area contributed by atoms with E-state index in [2.05, 4.69) is 53.9 Å². The lowest BCUT2D eigenvalue weighted by molar-refractivity contribution is -0.116. The van der Waals surface area contributed by atoms with Crippen LogP contribution in [0.1, 0.15) is 11.1 Å². The van der Waals surface area contributed by atoms with Crippen molar-refractivity contribution in [3.63, 3.8) is 0 Å². The molecule has 0 bridgehead atoms. The second-order valence-corrected chi connectivity index (χ2v) is 5.43. The molecule has 0 spiro atoms. The Morgan fingerprint density at radius 3 is 2.35 bits per heavy atom. The van der Waals surface area contributed by atoms with E-state index in [1.807, 2.05) is 12.1 Å². The highest BCUT2D eigenvalue weighted by atomic mass is 79.9. The zero-order chi connectivity index (χ0) is 15.0. The SMILES string of the molecule is CNCC(O)NCC(=O)Nc1cc(CBr)cc(CBr)c1. The molecule has 0 aromatic heterocycles. The molecular formula is C13H19Br2N3O2. The van der Waals surface area contributed by atoms with Gasteiger partial charge in [0.05, 0.1) is 6.54 Å². The van der Waals surface area contributed by atoms with Crippen molar-refractivity contribution < 1.29 is 9.90 Å². The third kappa shape index (κ3) is 6.32. The summed E-state index contributed by atoms with van der Waals surface area (Å²) < 4.78 is 0. The molecule has 20 heavy (non-hydrogen) atoms. The predicted octanol–water partition coefficient (Wildman–Crippen LogP) is 1.54. The number of aliphatic hydroxyl groups excluding tert-OH is 1. The molecule has 0 radical (unpaired) electrons. The van der Waals surface area contributed by atoms with Crippen LogP contribution in [-0.4, -0.2) is 37.4 Å². The first-order chi connectivity index (χ1) is 9.58. The van der Waals surface area contributed by atoms with Gasteiger partial charge in [0, 0.05) is 22.9 Å². The second kappa shape index (κ2) is 9.46. The highest BCUT2D eigenvalue weighted by Crippen LogP contribution is 2.19. The summed E-state index contributed by atoms with van der Waals surface area (Å²) >= 11 is 6.82. The van der Waals surface area contributed by atoms with Gasteiger partial charge in [-0.1, -0.05) is 37.9 Å². The molecule has 0 aliphatic rings. The fourth-order valence-corrected chi connectivity index (χ4v) is 2.32. The maximum atomic E-state index is 11.8. The minimum atomic E-state index is -0.738. The van der Waals surface area contributed by atoms with Crippen molar-refractivity contribution in [2.75, 3.05) is 25.5 Å². The molecule has 4 N–H and O–H groups in total. The maximum absolute atomic E-state index is 11.8. The number of halogens is 2. The van der Waals surface area contributed by atoms with Gasteiger partial charge in [-0.3, -0.25) is 10.1 Å². The lowest BCUT2D eigenvalue weighted by Crippen LogP contribution is -2.41. The van der Waals surface area contributed by atoms with Crippen molar-refractivity contribution in [3.8, 4) is 0 Å². The predicted molar refractivity (Wildman–Crippen MR) is 88.3 cm³/mol. The van der Waals surface area contributed by atoms with E-state index in [0.717, 1.165) is 27.5 Å². The number of carbonyl (C=O) groups excluding carboxylic acids is 1. The summed E-state index contributed by atoms with van der Waals surface area (Å²) in [5.74, 6) is -0.188. The Labute approximate surface area is 135 Å². The first kappa shape index (κ1) is 17.6. The Balaban J connectivity index is 2.56. The Morgan fingerprint density at radius 1 is 1.25 bits per heavy atom. The van der Waals surface area contributed by atoms with Crippen LogP contribution in [0.25, 0.3) is 0 Å². The van der Waals surface area contributed by atoms with Crippen molar-refractivity contribution in [2.45, 2.75) is 16.9 Å². The van der Waals surface area contributed by atoms with E-state index >= 15 is 0 Å². The Kier molecular flexibility index (Phi) is 8.32. The van der Waals surface area contributed by atoms with Crippen LogP contribution in [0, 0.1) is 0 Å². The van der Waals surface area contributed by atoms with Crippen molar-refractivity contribution in [1.29, 1.82) is 0 Å². The van der Waals surface area contributed by atoms with Gasteiger partial charge in [0.25, 0.3) is 0 Å². The average molecular weight is 409 g/mol. The molecule has 1 rings (SSSR count).